The second-order valence-corrected chi connectivity index (χ2v) is 5.70. The van der Waals surface area contributed by atoms with Crippen LogP contribution in [-0.4, -0.2) is 20.5 Å². The predicted octanol–water partition coefficient (Wildman–Crippen LogP) is 1.76. The van der Waals surface area contributed by atoms with Gasteiger partial charge in [0.15, 0.2) is 11.3 Å². The normalized spacial score (nSPS) is 12.3. The van der Waals surface area contributed by atoms with Gasteiger partial charge in [0.05, 0.1) is 21.9 Å². The minimum absolute atomic E-state index is 0.122. The highest BCUT2D eigenvalue weighted by Crippen LogP contribution is 2.22. The van der Waals surface area contributed by atoms with Gasteiger partial charge in [-0.15, -0.1) is 0 Å². The Labute approximate surface area is 108 Å². The van der Waals surface area contributed by atoms with Crippen LogP contribution in [0.4, 0.5) is 0 Å². The number of hydrogen-bond donors (Lipinski definition) is 0. The molecule has 1 heterocycles. The van der Waals surface area contributed by atoms with Crippen molar-refractivity contribution in [1.29, 1.82) is 10.5 Å². The van der Waals surface area contributed by atoms with Gasteiger partial charge in [0.1, 0.15) is 17.9 Å². The second kappa shape index (κ2) is 5.61. The summed E-state index contributed by atoms with van der Waals surface area (Å²) in [6, 6.07) is 5.38. The van der Waals surface area contributed by atoms with E-state index in [0.717, 1.165) is 0 Å². The van der Waals surface area contributed by atoms with Crippen molar-refractivity contribution in [2.24, 2.45) is 0 Å². The fourth-order valence-corrected chi connectivity index (χ4v) is 2.09. The number of pyridine rings is 1. The number of nitrogens with zero attached hydrogens (tertiary/aromatic N) is 3. The average Bonchev–Trinajstić information content (AvgIpc) is 2.37. The Hall–Kier alpha value is -1.92. The van der Waals surface area contributed by atoms with Gasteiger partial charge in [-0.3, -0.25) is 4.21 Å². The zero-order chi connectivity index (χ0) is 13.8. The van der Waals surface area contributed by atoms with Gasteiger partial charge < -0.3 is 4.74 Å². The Balaban J connectivity index is 3.17. The molecule has 1 unspecified atom stereocenters. The standard InChI is InChI=1S/C12H13N3O2S/c1-4-18(16)11-5-9(7-15-10(11)6-13)17-12(2,3)8-14/h5,7H,4H2,1-3H3. The van der Waals surface area contributed by atoms with Gasteiger partial charge in [0.25, 0.3) is 0 Å². The van der Waals surface area contributed by atoms with Crippen molar-refractivity contribution in [3.8, 4) is 17.9 Å². The van der Waals surface area contributed by atoms with E-state index in [-0.39, 0.29) is 5.69 Å². The number of hydrogen-bond acceptors (Lipinski definition) is 5. The zero-order valence-electron chi connectivity index (χ0n) is 10.4. The van der Waals surface area contributed by atoms with E-state index < -0.39 is 16.4 Å². The third-order valence-corrected chi connectivity index (χ3v) is 3.41. The quantitative estimate of drug-likeness (QED) is 0.826. The third kappa shape index (κ3) is 3.28. The van der Waals surface area contributed by atoms with E-state index in [1.165, 1.54) is 12.3 Å². The molecule has 94 valence electrons. The van der Waals surface area contributed by atoms with E-state index >= 15 is 0 Å². The van der Waals surface area contributed by atoms with Crippen LogP contribution in [0.2, 0.25) is 0 Å². The van der Waals surface area contributed by atoms with Crippen LogP contribution in [0.15, 0.2) is 17.2 Å². The first-order chi connectivity index (χ1) is 8.43. The predicted molar refractivity (Wildman–Crippen MR) is 66.2 cm³/mol. The molecule has 0 bridgehead atoms. The highest BCUT2D eigenvalue weighted by molar-refractivity contribution is 7.85. The summed E-state index contributed by atoms with van der Waals surface area (Å²) in [7, 11) is -1.29. The highest BCUT2D eigenvalue weighted by Gasteiger charge is 2.20. The molecule has 1 rings (SSSR count). The average molecular weight is 263 g/mol. The minimum Gasteiger partial charge on any atom is -0.471 e. The maximum Gasteiger partial charge on any atom is 0.188 e. The number of rotatable bonds is 4. The molecule has 0 amide bonds. The molecule has 1 atom stereocenters. The molecular formula is C12H13N3O2S. The summed E-state index contributed by atoms with van der Waals surface area (Å²) in [6.45, 7) is 4.98. The van der Waals surface area contributed by atoms with Gasteiger partial charge in [-0.1, -0.05) is 6.92 Å². The maximum absolute atomic E-state index is 11.8. The SMILES string of the molecule is CCS(=O)c1cc(OC(C)(C)C#N)cnc1C#N. The molecule has 0 saturated heterocycles. The van der Waals surface area contributed by atoms with Crippen LogP contribution >= 0.6 is 0 Å². The molecule has 1 aromatic rings. The fourth-order valence-electron chi connectivity index (χ4n) is 1.21. The van der Waals surface area contributed by atoms with Crippen molar-refractivity contribution in [3.63, 3.8) is 0 Å². The van der Waals surface area contributed by atoms with Crippen LogP contribution in [-0.2, 0) is 10.8 Å². The molecule has 18 heavy (non-hydrogen) atoms. The van der Waals surface area contributed by atoms with Crippen molar-refractivity contribution < 1.29 is 8.95 Å². The van der Waals surface area contributed by atoms with Crippen LogP contribution in [0.25, 0.3) is 0 Å². The Kier molecular flexibility index (Phi) is 4.41. The minimum atomic E-state index is -1.29. The number of ether oxygens (including phenoxy) is 1. The molecule has 6 heteroatoms. The smallest absolute Gasteiger partial charge is 0.188 e. The summed E-state index contributed by atoms with van der Waals surface area (Å²) in [6.07, 6.45) is 1.36. The van der Waals surface area contributed by atoms with Gasteiger partial charge in [-0.05, 0) is 13.8 Å². The molecule has 0 N–H and O–H groups in total. The fraction of sp³-hybridized carbons (Fsp3) is 0.417. The maximum atomic E-state index is 11.8. The first-order valence-electron chi connectivity index (χ1n) is 5.32. The lowest BCUT2D eigenvalue weighted by atomic mass is 10.2. The summed E-state index contributed by atoms with van der Waals surface area (Å²) in [5.41, 5.74) is -0.877. The van der Waals surface area contributed by atoms with Gasteiger partial charge in [0, 0.05) is 11.8 Å². The lowest BCUT2D eigenvalue weighted by molar-refractivity contribution is 0.168. The van der Waals surface area contributed by atoms with Crippen LogP contribution in [0.3, 0.4) is 0 Å². The molecule has 0 radical (unpaired) electrons. The second-order valence-electron chi connectivity index (χ2n) is 3.99. The Morgan fingerprint density at radius 3 is 2.67 bits per heavy atom. The summed E-state index contributed by atoms with van der Waals surface area (Å²) < 4.78 is 17.2. The zero-order valence-corrected chi connectivity index (χ0v) is 11.2. The van der Waals surface area contributed by atoms with E-state index in [2.05, 4.69) is 4.98 Å². The summed E-state index contributed by atoms with van der Waals surface area (Å²) in [4.78, 5) is 4.24. The van der Waals surface area contributed by atoms with E-state index in [1.54, 1.807) is 20.8 Å². The number of aromatic nitrogens is 1. The molecule has 0 fully saturated rings. The summed E-state index contributed by atoms with van der Waals surface area (Å²) in [5.74, 6) is 0.721. The molecular weight excluding hydrogens is 250 g/mol. The lowest BCUT2D eigenvalue weighted by Crippen LogP contribution is -2.25. The lowest BCUT2D eigenvalue weighted by Gasteiger charge is -2.18. The number of nitriles is 2. The Morgan fingerprint density at radius 1 is 1.50 bits per heavy atom. The van der Waals surface area contributed by atoms with E-state index in [1.807, 2.05) is 12.1 Å². The summed E-state index contributed by atoms with van der Waals surface area (Å²) in [5, 5.41) is 17.8. The monoisotopic (exact) mass is 263 g/mol. The van der Waals surface area contributed by atoms with Crippen molar-refractivity contribution in [3.05, 3.63) is 18.0 Å². The highest BCUT2D eigenvalue weighted by atomic mass is 32.2. The van der Waals surface area contributed by atoms with E-state index in [9.17, 15) is 4.21 Å². The van der Waals surface area contributed by atoms with Gasteiger partial charge in [0.2, 0.25) is 0 Å². The first-order valence-corrected chi connectivity index (χ1v) is 6.64. The third-order valence-electron chi connectivity index (χ3n) is 2.08. The van der Waals surface area contributed by atoms with Gasteiger partial charge in [-0.25, -0.2) is 4.98 Å². The van der Waals surface area contributed by atoms with Crippen LogP contribution in [0, 0.1) is 22.7 Å². The van der Waals surface area contributed by atoms with Crippen LogP contribution in [0.5, 0.6) is 5.75 Å². The first kappa shape index (κ1) is 14.1. The molecule has 0 aliphatic rings. The Bertz CT molecular complexity index is 555. The van der Waals surface area contributed by atoms with Crippen molar-refractivity contribution in [2.75, 3.05) is 5.75 Å². The summed E-state index contributed by atoms with van der Waals surface area (Å²) >= 11 is 0. The van der Waals surface area contributed by atoms with Crippen molar-refractivity contribution in [2.45, 2.75) is 31.3 Å². The molecule has 0 aliphatic carbocycles. The van der Waals surface area contributed by atoms with E-state index in [0.29, 0.717) is 16.4 Å². The topological polar surface area (TPSA) is 86.8 Å². The van der Waals surface area contributed by atoms with E-state index in [4.69, 9.17) is 15.3 Å². The van der Waals surface area contributed by atoms with Crippen LogP contribution < -0.4 is 4.74 Å². The van der Waals surface area contributed by atoms with Crippen molar-refractivity contribution in [1.82, 2.24) is 4.98 Å². The molecule has 0 spiro atoms. The molecule has 5 nitrogen and oxygen atoms in total. The molecule has 0 saturated carbocycles. The van der Waals surface area contributed by atoms with Gasteiger partial charge >= 0.3 is 0 Å². The Morgan fingerprint density at radius 2 is 2.17 bits per heavy atom. The van der Waals surface area contributed by atoms with Crippen molar-refractivity contribution >= 4 is 10.8 Å². The molecule has 0 aliphatic heterocycles. The molecule has 1 aromatic heterocycles. The van der Waals surface area contributed by atoms with Crippen LogP contribution in [0.1, 0.15) is 26.5 Å². The van der Waals surface area contributed by atoms with Gasteiger partial charge in [-0.2, -0.15) is 10.5 Å². The molecule has 0 aromatic carbocycles. The largest absolute Gasteiger partial charge is 0.471 e.